The summed E-state index contributed by atoms with van der Waals surface area (Å²) in [6, 6.07) is 8.87. The standard InChI is InChI=1S/C18H20O5/c1-21-15-9-16(22-2)17(20)18-14(15)8-12(10-23-18)7-11-3-5-13(19)6-4-11/h3-6,9,12,19-20H,7-8,10H2,1-2H3. The first kappa shape index (κ1) is 15.3. The van der Waals surface area contributed by atoms with Crippen LogP contribution in [0.1, 0.15) is 11.1 Å². The van der Waals surface area contributed by atoms with Crippen LogP contribution < -0.4 is 14.2 Å². The molecule has 0 amide bonds. The summed E-state index contributed by atoms with van der Waals surface area (Å²) in [6.07, 6.45) is 1.58. The Kier molecular flexibility index (Phi) is 4.19. The number of fused-ring (bicyclic) bond motifs is 1. The second kappa shape index (κ2) is 6.28. The molecule has 0 bridgehead atoms. The van der Waals surface area contributed by atoms with E-state index in [2.05, 4.69) is 0 Å². The fourth-order valence-corrected chi connectivity index (χ4v) is 2.97. The summed E-state index contributed by atoms with van der Waals surface area (Å²) in [5.74, 6) is 2.00. The van der Waals surface area contributed by atoms with Gasteiger partial charge in [0.1, 0.15) is 11.5 Å². The summed E-state index contributed by atoms with van der Waals surface area (Å²) < 4.78 is 16.4. The van der Waals surface area contributed by atoms with Crippen molar-refractivity contribution in [2.75, 3.05) is 20.8 Å². The van der Waals surface area contributed by atoms with Gasteiger partial charge in [0.2, 0.25) is 5.75 Å². The van der Waals surface area contributed by atoms with Gasteiger partial charge in [0, 0.05) is 17.5 Å². The van der Waals surface area contributed by atoms with Crippen molar-refractivity contribution in [1.29, 1.82) is 0 Å². The van der Waals surface area contributed by atoms with E-state index in [-0.39, 0.29) is 17.4 Å². The molecule has 0 fully saturated rings. The topological polar surface area (TPSA) is 68.2 Å². The number of phenols is 2. The Labute approximate surface area is 135 Å². The number of rotatable bonds is 4. The summed E-state index contributed by atoms with van der Waals surface area (Å²) in [7, 11) is 3.09. The summed E-state index contributed by atoms with van der Waals surface area (Å²) in [5, 5.41) is 19.6. The van der Waals surface area contributed by atoms with Gasteiger partial charge in [0.25, 0.3) is 0 Å². The van der Waals surface area contributed by atoms with Crippen molar-refractivity contribution in [3.63, 3.8) is 0 Å². The molecule has 2 aromatic carbocycles. The van der Waals surface area contributed by atoms with Gasteiger partial charge in [-0.2, -0.15) is 0 Å². The van der Waals surface area contributed by atoms with E-state index in [4.69, 9.17) is 14.2 Å². The number of phenolic OH excluding ortho intramolecular Hbond substituents is 2. The van der Waals surface area contributed by atoms with Crippen LogP contribution in [0.5, 0.6) is 28.7 Å². The summed E-state index contributed by atoms with van der Waals surface area (Å²) in [5.41, 5.74) is 2.00. The highest BCUT2D eigenvalue weighted by Crippen LogP contribution is 2.47. The van der Waals surface area contributed by atoms with Crippen LogP contribution in [-0.4, -0.2) is 31.0 Å². The van der Waals surface area contributed by atoms with Crippen molar-refractivity contribution in [2.45, 2.75) is 12.8 Å². The van der Waals surface area contributed by atoms with Crippen molar-refractivity contribution < 1.29 is 24.4 Å². The highest BCUT2D eigenvalue weighted by atomic mass is 16.5. The fraction of sp³-hybridized carbons (Fsp3) is 0.333. The molecule has 1 aliphatic heterocycles. The van der Waals surface area contributed by atoms with Crippen LogP contribution >= 0.6 is 0 Å². The van der Waals surface area contributed by atoms with E-state index in [1.807, 2.05) is 12.1 Å². The van der Waals surface area contributed by atoms with Gasteiger partial charge in [-0.05, 0) is 30.5 Å². The van der Waals surface area contributed by atoms with Crippen LogP contribution in [-0.2, 0) is 12.8 Å². The lowest BCUT2D eigenvalue weighted by atomic mass is 9.90. The van der Waals surface area contributed by atoms with Crippen molar-refractivity contribution >= 4 is 0 Å². The van der Waals surface area contributed by atoms with Gasteiger partial charge in [0.05, 0.1) is 20.8 Å². The average molecular weight is 316 g/mol. The SMILES string of the molecule is COc1cc(OC)c2c(c1O)OCC(Cc1ccc(O)cc1)C2. The Bertz CT molecular complexity index is 694. The Morgan fingerprint density at radius 2 is 1.78 bits per heavy atom. The van der Waals surface area contributed by atoms with E-state index in [0.717, 1.165) is 24.0 Å². The van der Waals surface area contributed by atoms with Crippen LogP contribution in [0.4, 0.5) is 0 Å². The molecule has 2 N–H and O–H groups in total. The lowest BCUT2D eigenvalue weighted by molar-refractivity contribution is 0.206. The van der Waals surface area contributed by atoms with Crippen molar-refractivity contribution in [3.05, 3.63) is 41.5 Å². The molecule has 0 spiro atoms. The van der Waals surface area contributed by atoms with Crippen LogP contribution in [0.25, 0.3) is 0 Å². The quantitative estimate of drug-likeness (QED) is 0.908. The minimum Gasteiger partial charge on any atom is -0.508 e. The Morgan fingerprint density at radius 3 is 2.43 bits per heavy atom. The molecule has 0 saturated heterocycles. The van der Waals surface area contributed by atoms with E-state index in [1.54, 1.807) is 25.3 Å². The third-order valence-corrected chi connectivity index (χ3v) is 4.14. The summed E-state index contributed by atoms with van der Waals surface area (Å²) in [4.78, 5) is 0. The number of hydrogen-bond donors (Lipinski definition) is 2. The van der Waals surface area contributed by atoms with Crippen molar-refractivity contribution in [3.8, 4) is 28.7 Å². The second-order valence-corrected chi connectivity index (χ2v) is 5.69. The van der Waals surface area contributed by atoms with E-state index in [1.165, 1.54) is 7.11 Å². The molecule has 122 valence electrons. The molecule has 0 aliphatic carbocycles. The van der Waals surface area contributed by atoms with E-state index < -0.39 is 0 Å². The molecular weight excluding hydrogens is 296 g/mol. The number of hydrogen-bond acceptors (Lipinski definition) is 5. The molecule has 1 aliphatic rings. The lowest BCUT2D eigenvalue weighted by Gasteiger charge is -2.28. The molecule has 1 heterocycles. The normalized spacial score (nSPS) is 16.3. The van der Waals surface area contributed by atoms with Gasteiger partial charge in [-0.3, -0.25) is 0 Å². The average Bonchev–Trinajstić information content (AvgIpc) is 2.57. The molecule has 3 rings (SSSR count). The number of methoxy groups -OCH3 is 2. The van der Waals surface area contributed by atoms with Crippen molar-refractivity contribution in [2.24, 2.45) is 5.92 Å². The Balaban J connectivity index is 1.85. The molecule has 0 saturated carbocycles. The third-order valence-electron chi connectivity index (χ3n) is 4.14. The molecule has 1 atom stereocenters. The highest BCUT2D eigenvalue weighted by molar-refractivity contribution is 5.61. The monoisotopic (exact) mass is 316 g/mol. The van der Waals surface area contributed by atoms with Gasteiger partial charge < -0.3 is 24.4 Å². The molecule has 2 aromatic rings. The predicted octanol–water partition coefficient (Wildman–Crippen LogP) is 2.91. The first-order chi connectivity index (χ1) is 11.1. The smallest absolute Gasteiger partial charge is 0.201 e. The Hall–Kier alpha value is -2.56. The summed E-state index contributed by atoms with van der Waals surface area (Å²) >= 11 is 0. The van der Waals surface area contributed by atoms with Gasteiger partial charge in [-0.15, -0.1) is 0 Å². The predicted molar refractivity (Wildman–Crippen MR) is 85.7 cm³/mol. The second-order valence-electron chi connectivity index (χ2n) is 5.69. The molecule has 5 heteroatoms. The minimum atomic E-state index is 0.0198. The molecule has 23 heavy (non-hydrogen) atoms. The van der Waals surface area contributed by atoms with Gasteiger partial charge >= 0.3 is 0 Å². The van der Waals surface area contributed by atoms with Gasteiger partial charge in [0.15, 0.2) is 11.5 Å². The van der Waals surface area contributed by atoms with Crippen molar-refractivity contribution in [1.82, 2.24) is 0 Å². The first-order valence-corrected chi connectivity index (χ1v) is 7.50. The van der Waals surface area contributed by atoms with Gasteiger partial charge in [-0.25, -0.2) is 0 Å². The zero-order valence-corrected chi connectivity index (χ0v) is 13.2. The number of aromatic hydroxyl groups is 2. The van der Waals surface area contributed by atoms with Crippen LogP contribution in [0.15, 0.2) is 30.3 Å². The van der Waals surface area contributed by atoms with E-state index >= 15 is 0 Å². The minimum absolute atomic E-state index is 0.0198. The van der Waals surface area contributed by atoms with Crippen LogP contribution in [0, 0.1) is 5.92 Å². The highest BCUT2D eigenvalue weighted by Gasteiger charge is 2.28. The number of benzene rings is 2. The molecule has 5 nitrogen and oxygen atoms in total. The maximum Gasteiger partial charge on any atom is 0.201 e. The zero-order chi connectivity index (χ0) is 16.4. The third kappa shape index (κ3) is 2.99. The summed E-state index contributed by atoms with van der Waals surface area (Å²) in [6.45, 7) is 0.512. The van der Waals surface area contributed by atoms with E-state index in [0.29, 0.717) is 23.9 Å². The molecular formula is C18H20O5. The lowest BCUT2D eigenvalue weighted by Crippen LogP contribution is -2.23. The molecule has 0 aromatic heterocycles. The largest absolute Gasteiger partial charge is 0.508 e. The van der Waals surface area contributed by atoms with E-state index in [9.17, 15) is 10.2 Å². The van der Waals surface area contributed by atoms with Gasteiger partial charge in [-0.1, -0.05) is 12.1 Å². The molecule has 1 unspecified atom stereocenters. The molecule has 0 radical (unpaired) electrons. The first-order valence-electron chi connectivity index (χ1n) is 7.50. The van der Waals surface area contributed by atoms with Crippen LogP contribution in [0.3, 0.4) is 0 Å². The number of ether oxygens (including phenoxy) is 3. The van der Waals surface area contributed by atoms with Crippen LogP contribution in [0.2, 0.25) is 0 Å². The fourth-order valence-electron chi connectivity index (χ4n) is 2.97. The zero-order valence-electron chi connectivity index (χ0n) is 13.2. The maximum absolute atomic E-state index is 10.2. The maximum atomic E-state index is 10.2. The Morgan fingerprint density at radius 1 is 1.09 bits per heavy atom.